The Morgan fingerprint density at radius 1 is 1.33 bits per heavy atom. The molecule has 72 valence electrons. The van der Waals surface area contributed by atoms with Crippen molar-refractivity contribution in [1.82, 2.24) is 0 Å². The lowest BCUT2D eigenvalue weighted by Gasteiger charge is -2.01. The van der Waals surface area contributed by atoms with Crippen LogP contribution in [-0.2, 0) is 19.4 Å². The summed E-state index contributed by atoms with van der Waals surface area (Å²) in [5.74, 6) is -1.11. The van der Waals surface area contributed by atoms with E-state index in [1.165, 1.54) is 0 Å². The molecule has 0 heterocycles. The monoisotopic (exact) mass is 194 g/mol. The molecule has 0 aromatic heterocycles. The van der Waals surface area contributed by atoms with Crippen molar-refractivity contribution in [1.29, 1.82) is 0 Å². The molecule has 0 bridgehead atoms. The average molecular weight is 194 g/mol. The number of carbonyl (C=O) groups is 1. The molecule has 0 aromatic carbocycles. The second kappa shape index (κ2) is 5.13. The molecule has 0 fully saturated rings. The number of esters is 1. The second-order valence-corrected chi connectivity index (χ2v) is 4.58. The van der Waals surface area contributed by atoms with E-state index in [0.717, 1.165) is 0 Å². The number of ether oxygens (including phenoxy) is 1. The van der Waals surface area contributed by atoms with Gasteiger partial charge in [-0.15, -0.1) is 0 Å². The van der Waals surface area contributed by atoms with E-state index in [1.54, 1.807) is 13.8 Å². The molecule has 0 aliphatic heterocycles. The van der Waals surface area contributed by atoms with Crippen LogP contribution in [0.15, 0.2) is 0 Å². The third kappa shape index (κ3) is 5.12. The van der Waals surface area contributed by atoms with Gasteiger partial charge in [-0.1, -0.05) is 6.92 Å². The van der Waals surface area contributed by atoms with E-state index in [1.807, 2.05) is 0 Å². The smallest absolute Gasteiger partial charge is 0.321 e. The molecule has 0 atom stereocenters. The zero-order valence-electron chi connectivity index (χ0n) is 7.37. The maximum Gasteiger partial charge on any atom is 0.321 e. The summed E-state index contributed by atoms with van der Waals surface area (Å²) < 4.78 is 26.5. The lowest BCUT2D eigenvalue weighted by atomic mass is 10.6. The molecule has 0 radical (unpaired) electrons. The largest absolute Gasteiger partial charge is 0.465 e. The second-order valence-electron chi connectivity index (χ2n) is 2.40. The Kier molecular flexibility index (Phi) is 4.89. The Morgan fingerprint density at radius 2 is 1.92 bits per heavy atom. The highest BCUT2D eigenvalue weighted by molar-refractivity contribution is 7.92. The molecule has 0 rings (SSSR count). The first-order chi connectivity index (χ1) is 5.52. The van der Waals surface area contributed by atoms with Crippen molar-refractivity contribution in [3.8, 4) is 0 Å². The summed E-state index contributed by atoms with van der Waals surface area (Å²) >= 11 is 0. The predicted molar refractivity (Wildman–Crippen MR) is 45.6 cm³/mol. The van der Waals surface area contributed by atoms with E-state index in [-0.39, 0.29) is 12.4 Å². The van der Waals surface area contributed by atoms with Crippen LogP contribution in [0, 0.1) is 0 Å². The SMILES string of the molecule is CCCS(=O)(=O)CC(=O)OCC. The molecule has 0 saturated heterocycles. The highest BCUT2D eigenvalue weighted by atomic mass is 32.2. The molecular weight excluding hydrogens is 180 g/mol. The van der Waals surface area contributed by atoms with Crippen LogP contribution >= 0.6 is 0 Å². The van der Waals surface area contributed by atoms with Crippen molar-refractivity contribution >= 4 is 15.8 Å². The van der Waals surface area contributed by atoms with Crippen LogP contribution in [-0.4, -0.2) is 32.5 Å². The Morgan fingerprint density at radius 3 is 2.33 bits per heavy atom. The van der Waals surface area contributed by atoms with E-state index >= 15 is 0 Å². The molecule has 0 aliphatic rings. The highest BCUT2D eigenvalue weighted by Gasteiger charge is 2.15. The maximum atomic E-state index is 11.0. The molecule has 0 saturated carbocycles. The fourth-order valence-corrected chi connectivity index (χ4v) is 1.97. The molecule has 4 nitrogen and oxygen atoms in total. The predicted octanol–water partition coefficient (Wildman–Crippen LogP) is 0.374. The van der Waals surface area contributed by atoms with Crippen LogP contribution in [0.2, 0.25) is 0 Å². The summed E-state index contributed by atoms with van der Waals surface area (Å²) in [4.78, 5) is 10.7. The van der Waals surface area contributed by atoms with Crippen molar-refractivity contribution in [3.63, 3.8) is 0 Å². The number of hydrogen-bond acceptors (Lipinski definition) is 4. The topological polar surface area (TPSA) is 60.4 Å². The Balaban J connectivity index is 3.98. The normalized spacial score (nSPS) is 11.2. The minimum atomic E-state index is -3.23. The first-order valence-electron chi connectivity index (χ1n) is 3.88. The minimum Gasteiger partial charge on any atom is -0.465 e. The summed E-state index contributed by atoms with van der Waals surface area (Å²) in [5, 5.41) is 0. The highest BCUT2D eigenvalue weighted by Crippen LogP contribution is 1.94. The standard InChI is InChI=1S/C7H14O4S/c1-3-5-12(9,10)6-7(8)11-4-2/h3-6H2,1-2H3. The lowest BCUT2D eigenvalue weighted by molar-refractivity contribution is -0.139. The van der Waals surface area contributed by atoms with Crippen molar-refractivity contribution < 1.29 is 17.9 Å². The first-order valence-corrected chi connectivity index (χ1v) is 5.70. The molecule has 12 heavy (non-hydrogen) atoms. The molecule has 0 N–H and O–H groups in total. The molecular formula is C7H14O4S. The van der Waals surface area contributed by atoms with Crippen LogP contribution in [0.1, 0.15) is 20.3 Å². The third-order valence-electron chi connectivity index (χ3n) is 1.16. The van der Waals surface area contributed by atoms with Crippen molar-refractivity contribution in [3.05, 3.63) is 0 Å². The van der Waals surface area contributed by atoms with Gasteiger partial charge in [-0.2, -0.15) is 0 Å². The van der Waals surface area contributed by atoms with Crippen LogP contribution in [0.5, 0.6) is 0 Å². The summed E-state index contributed by atoms with van der Waals surface area (Å²) in [7, 11) is -3.23. The zero-order chi connectivity index (χ0) is 9.61. The fourth-order valence-electron chi connectivity index (χ4n) is 0.765. The summed E-state index contributed by atoms with van der Waals surface area (Å²) in [5.41, 5.74) is 0. The maximum absolute atomic E-state index is 11.0. The fraction of sp³-hybridized carbons (Fsp3) is 0.857. The summed E-state index contributed by atoms with van der Waals surface area (Å²) in [6, 6.07) is 0. The Bertz CT molecular complexity index is 230. The van der Waals surface area contributed by atoms with E-state index in [4.69, 9.17) is 0 Å². The molecule has 0 aliphatic carbocycles. The van der Waals surface area contributed by atoms with Crippen molar-refractivity contribution in [2.24, 2.45) is 0 Å². The average Bonchev–Trinajstić information content (AvgIpc) is 1.85. The third-order valence-corrected chi connectivity index (χ3v) is 2.86. The summed E-state index contributed by atoms with van der Waals surface area (Å²) in [6.07, 6.45) is 0.530. The van der Waals surface area contributed by atoms with E-state index in [0.29, 0.717) is 6.42 Å². The van der Waals surface area contributed by atoms with E-state index in [2.05, 4.69) is 4.74 Å². The van der Waals surface area contributed by atoms with Gasteiger partial charge in [-0.25, -0.2) is 8.42 Å². The van der Waals surface area contributed by atoms with Gasteiger partial charge < -0.3 is 4.74 Å². The Labute approximate surface area is 72.8 Å². The van der Waals surface area contributed by atoms with Gasteiger partial charge >= 0.3 is 5.97 Å². The Hall–Kier alpha value is -0.580. The van der Waals surface area contributed by atoms with Crippen LogP contribution in [0.3, 0.4) is 0 Å². The van der Waals surface area contributed by atoms with Gasteiger partial charge in [-0.3, -0.25) is 4.79 Å². The van der Waals surface area contributed by atoms with Gasteiger partial charge in [0.2, 0.25) is 0 Å². The van der Waals surface area contributed by atoms with Gasteiger partial charge in [0, 0.05) is 0 Å². The lowest BCUT2D eigenvalue weighted by Crippen LogP contribution is -2.20. The number of hydrogen-bond donors (Lipinski definition) is 0. The molecule has 0 aromatic rings. The van der Waals surface area contributed by atoms with Gasteiger partial charge in [0.15, 0.2) is 9.84 Å². The van der Waals surface area contributed by atoms with Crippen LogP contribution in [0.25, 0.3) is 0 Å². The molecule has 0 spiro atoms. The number of rotatable bonds is 5. The number of carbonyl (C=O) groups excluding carboxylic acids is 1. The quantitative estimate of drug-likeness (QED) is 0.593. The van der Waals surface area contributed by atoms with Crippen molar-refractivity contribution in [2.45, 2.75) is 20.3 Å². The van der Waals surface area contributed by atoms with Gasteiger partial charge in [-0.05, 0) is 13.3 Å². The minimum absolute atomic E-state index is 0.0474. The van der Waals surface area contributed by atoms with Crippen LogP contribution in [0.4, 0.5) is 0 Å². The molecule has 5 heteroatoms. The zero-order valence-corrected chi connectivity index (χ0v) is 8.19. The first kappa shape index (κ1) is 11.4. The van der Waals surface area contributed by atoms with Crippen molar-refractivity contribution in [2.75, 3.05) is 18.1 Å². The van der Waals surface area contributed by atoms with E-state index < -0.39 is 21.6 Å². The molecule has 0 unspecified atom stereocenters. The van der Waals surface area contributed by atoms with Gasteiger partial charge in [0.1, 0.15) is 5.75 Å². The number of sulfone groups is 1. The molecule has 0 amide bonds. The van der Waals surface area contributed by atoms with E-state index in [9.17, 15) is 13.2 Å². The van der Waals surface area contributed by atoms with Gasteiger partial charge in [0.05, 0.1) is 12.4 Å². The van der Waals surface area contributed by atoms with Gasteiger partial charge in [0.25, 0.3) is 0 Å². The summed E-state index contributed by atoms with van der Waals surface area (Å²) in [6.45, 7) is 3.62. The van der Waals surface area contributed by atoms with Crippen LogP contribution < -0.4 is 0 Å².